The van der Waals surface area contributed by atoms with E-state index in [9.17, 15) is 0 Å². The van der Waals surface area contributed by atoms with E-state index in [1.165, 1.54) is 4.68 Å². The van der Waals surface area contributed by atoms with Gasteiger partial charge in [-0.2, -0.15) is 5.10 Å². The number of thioether (sulfide) groups is 1. The maximum absolute atomic E-state index is 6.05. The standard InChI is InChI=1S/C13H13ClN6S/c14-11-3-1-2-10(6-11)12-18-19-13(20(12)15)21-5-4-9-7-16-17-8-9/h1-3,6-8H,4-5,15H2,(H,16,17). The van der Waals surface area contributed by atoms with Crippen molar-refractivity contribution in [2.24, 2.45) is 0 Å². The maximum atomic E-state index is 6.05. The first-order valence-corrected chi connectivity index (χ1v) is 7.67. The van der Waals surface area contributed by atoms with Crippen LogP contribution in [0.3, 0.4) is 0 Å². The van der Waals surface area contributed by atoms with Gasteiger partial charge in [0.15, 0.2) is 5.82 Å². The summed E-state index contributed by atoms with van der Waals surface area (Å²) in [5.41, 5.74) is 2.00. The lowest BCUT2D eigenvalue weighted by Gasteiger charge is -2.03. The number of nitrogens with one attached hydrogen (secondary N) is 1. The minimum Gasteiger partial charge on any atom is -0.335 e. The molecule has 0 bridgehead atoms. The number of H-pyrrole nitrogens is 1. The molecule has 6 nitrogen and oxygen atoms in total. The summed E-state index contributed by atoms with van der Waals surface area (Å²) in [5, 5.41) is 16.3. The Morgan fingerprint density at radius 2 is 2.24 bits per heavy atom. The Kier molecular flexibility index (Phi) is 4.12. The van der Waals surface area contributed by atoms with Gasteiger partial charge < -0.3 is 5.84 Å². The molecule has 21 heavy (non-hydrogen) atoms. The van der Waals surface area contributed by atoms with Gasteiger partial charge in [-0.1, -0.05) is 35.5 Å². The molecule has 0 spiro atoms. The number of halogens is 1. The molecule has 0 amide bonds. The van der Waals surface area contributed by atoms with Crippen LogP contribution in [0.15, 0.2) is 41.8 Å². The van der Waals surface area contributed by atoms with E-state index in [-0.39, 0.29) is 0 Å². The van der Waals surface area contributed by atoms with Gasteiger partial charge in [-0.25, -0.2) is 4.68 Å². The topological polar surface area (TPSA) is 85.4 Å². The van der Waals surface area contributed by atoms with Crippen molar-refractivity contribution in [1.82, 2.24) is 25.1 Å². The monoisotopic (exact) mass is 320 g/mol. The van der Waals surface area contributed by atoms with Crippen LogP contribution < -0.4 is 5.84 Å². The normalized spacial score (nSPS) is 10.9. The Morgan fingerprint density at radius 1 is 1.33 bits per heavy atom. The molecule has 0 aliphatic heterocycles. The van der Waals surface area contributed by atoms with E-state index < -0.39 is 0 Å². The summed E-state index contributed by atoms with van der Waals surface area (Å²) in [6.45, 7) is 0. The average molecular weight is 321 g/mol. The zero-order valence-electron chi connectivity index (χ0n) is 11.0. The van der Waals surface area contributed by atoms with Crippen LogP contribution in [0, 0.1) is 0 Å². The van der Waals surface area contributed by atoms with Crippen molar-refractivity contribution >= 4 is 23.4 Å². The molecule has 3 aromatic rings. The van der Waals surface area contributed by atoms with Crippen LogP contribution >= 0.6 is 23.4 Å². The van der Waals surface area contributed by atoms with E-state index in [4.69, 9.17) is 17.4 Å². The van der Waals surface area contributed by atoms with Gasteiger partial charge >= 0.3 is 0 Å². The van der Waals surface area contributed by atoms with Crippen molar-refractivity contribution in [3.05, 3.63) is 47.2 Å². The average Bonchev–Trinajstić information content (AvgIpc) is 3.10. The summed E-state index contributed by atoms with van der Waals surface area (Å²) in [7, 11) is 0. The highest BCUT2D eigenvalue weighted by Crippen LogP contribution is 2.24. The summed E-state index contributed by atoms with van der Waals surface area (Å²) in [4.78, 5) is 0. The summed E-state index contributed by atoms with van der Waals surface area (Å²) >= 11 is 7.54. The Bertz CT molecular complexity index is 724. The molecule has 0 aliphatic rings. The Labute approximate surface area is 130 Å². The Morgan fingerprint density at radius 3 is 3.00 bits per heavy atom. The van der Waals surface area contributed by atoms with Gasteiger partial charge in [0.25, 0.3) is 0 Å². The smallest absolute Gasteiger partial charge is 0.210 e. The first-order chi connectivity index (χ1) is 10.2. The molecule has 0 saturated heterocycles. The molecule has 0 aliphatic carbocycles. The third kappa shape index (κ3) is 3.20. The van der Waals surface area contributed by atoms with Crippen molar-refractivity contribution in [2.45, 2.75) is 11.6 Å². The fourth-order valence-corrected chi connectivity index (χ4v) is 2.91. The summed E-state index contributed by atoms with van der Waals surface area (Å²) in [6.07, 6.45) is 4.58. The number of aryl methyl sites for hydroxylation is 1. The van der Waals surface area contributed by atoms with E-state index >= 15 is 0 Å². The van der Waals surface area contributed by atoms with Crippen LogP contribution in [0.2, 0.25) is 5.02 Å². The second-order valence-electron chi connectivity index (χ2n) is 4.39. The minimum atomic E-state index is 0.600. The molecule has 0 fully saturated rings. The van der Waals surface area contributed by atoms with Crippen LogP contribution in [0.25, 0.3) is 11.4 Å². The highest BCUT2D eigenvalue weighted by Gasteiger charge is 2.12. The van der Waals surface area contributed by atoms with Crippen molar-refractivity contribution in [2.75, 3.05) is 11.6 Å². The Hall–Kier alpha value is -1.99. The molecule has 2 heterocycles. The number of hydrogen-bond donors (Lipinski definition) is 2. The van der Waals surface area contributed by atoms with Crippen molar-refractivity contribution < 1.29 is 0 Å². The molecule has 2 aromatic heterocycles. The van der Waals surface area contributed by atoms with Gasteiger partial charge in [0.1, 0.15) is 0 Å². The third-order valence-corrected chi connectivity index (χ3v) is 4.10. The lowest BCUT2D eigenvalue weighted by Crippen LogP contribution is -2.11. The number of benzene rings is 1. The number of nitrogen functional groups attached to an aromatic ring is 1. The first kappa shape index (κ1) is 14.0. The zero-order chi connectivity index (χ0) is 14.7. The van der Waals surface area contributed by atoms with Crippen LogP contribution in [-0.2, 0) is 6.42 Å². The lowest BCUT2D eigenvalue weighted by molar-refractivity contribution is 0.849. The zero-order valence-corrected chi connectivity index (χ0v) is 12.6. The molecule has 3 rings (SSSR count). The van der Waals surface area contributed by atoms with E-state index in [1.807, 2.05) is 36.7 Å². The molecular formula is C13H13ClN6S. The SMILES string of the molecule is Nn1c(SCCc2cn[nH]c2)nnc1-c1cccc(Cl)c1. The van der Waals surface area contributed by atoms with E-state index in [0.29, 0.717) is 16.0 Å². The van der Waals surface area contributed by atoms with E-state index in [0.717, 1.165) is 23.3 Å². The first-order valence-electron chi connectivity index (χ1n) is 6.31. The molecule has 3 N–H and O–H groups in total. The quantitative estimate of drug-likeness (QED) is 0.557. The van der Waals surface area contributed by atoms with Crippen molar-refractivity contribution in [3.63, 3.8) is 0 Å². The predicted molar refractivity (Wildman–Crippen MR) is 83.6 cm³/mol. The van der Waals surface area contributed by atoms with Gasteiger partial charge in [-0.3, -0.25) is 5.10 Å². The fraction of sp³-hybridized carbons (Fsp3) is 0.154. The minimum absolute atomic E-state index is 0.600. The number of rotatable bonds is 5. The number of hydrogen-bond acceptors (Lipinski definition) is 5. The van der Waals surface area contributed by atoms with Crippen molar-refractivity contribution in [3.8, 4) is 11.4 Å². The van der Waals surface area contributed by atoms with Crippen LogP contribution in [0.1, 0.15) is 5.56 Å². The molecule has 0 atom stereocenters. The number of nitrogens with two attached hydrogens (primary N) is 1. The lowest BCUT2D eigenvalue weighted by atomic mass is 10.2. The molecule has 0 radical (unpaired) electrons. The van der Waals surface area contributed by atoms with Gasteiger partial charge in [-0.05, 0) is 24.1 Å². The Balaban J connectivity index is 1.70. The van der Waals surface area contributed by atoms with Crippen molar-refractivity contribution in [1.29, 1.82) is 0 Å². The number of aromatic amines is 1. The number of nitrogens with zero attached hydrogens (tertiary/aromatic N) is 4. The van der Waals surface area contributed by atoms with Crippen LogP contribution in [-0.4, -0.2) is 30.8 Å². The molecule has 108 valence electrons. The largest absolute Gasteiger partial charge is 0.335 e. The predicted octanol–water partition coefficient (Wildman–Crippen LogP) is 2.37. The molecule has 0 unspecified atom stereocenters. The summed E-state index contributed by atoms with van der Waals surface area (Å²) in [5.74, 6) is 7.51. The van der Waals surface area contributed by atoms with Gasteiger partial charge in [0, 0.05) is 22.5 Å². The van der Waals surface area contributed by atoms with E-state index in [2.05, 4.69) is 20.4 Å². The second kappa shape index (κ2) is 6.19. The maximum Gasteiger partial charge on any atom is 0.210 e. The van der Waals surface area contributed by atoms with Gasteiger partial charge in [0.2, 0.25) is 5.16 Å². The fourth-order valence-electron chi connectivity index (χ4n) is 1.87. The van der Waals surface area contributed by atoms with Gasteiger partial charge in [0.05, 0.1) is 6.20 Å². The van der Waals surface area contributed by atoms with Crippen LogP contribution in [0.5, 0.6) is 0 Å². The third-order valence-electron chi connectivity index (χ3n) is 2.92. The highest BCUT2D eigenvalue weighted by molar-refractivity contribution is 7.99. The highest BCUT2D eigenvalue weighted by atomic mass is 35.5. The molecule has 0 saturated carbocycles. The number of aromatic nitrogens is 5. The van der Waals surface area contributed by atoms with Gasteiger partial charge in [-0.15, -0.1) is 10.2 Å². The molecule has 1 aromatic carbocycles. The molecular weight excluding hydrogens is 308 g/mol. The molecule has 8 heteroatoms. The summed E-state index contributed by atoms with van der Waals surface area (Å²) in [6, 6.07) is 7.38. The van der Waals surface area contributed by atoms with E-state index in [1.54, 1.807) is 11.8 Å². The second-order valence-corrected chi connectivity index (χ2v) is 5.89. The summed E-state index contributed by atoms with van der Waals surface area (Å²) < 4.78 is 1.49. The van der Waals surface area contributed by atoms with Crippen LogP contribution in [0.4, 0.5) is 0 Å².